The number of carboxylic acid groups (broad SMARTS) is 2. The summed E-state index contributed by atoms with van der Waals surface area (Å²) in [5, 5.41) is 33.3. The predicted octanol–water partition coefficient (Wildman–Crippen LogP) is -3.25. The van der Waals surface area contributed by atoms with Crippen LogP contribution in [0.2, 0.25) is 0 Å². The van der Waals surface area contributed by atoms with Gasteiger partial charge in [-0.3, -0.25) is 24.0 Å². The summed E-state index contributed by atoms with van der Waals surface area (Å²) >= 11 is 0. The summed E-state index contributed by atoms with van der Waals surface area (Å²) < 4.78 is 0. The summed E-state index contributed by atoms with van der Waals surface area (Å²) in [7, 11) is 0. The van der Waals surface area contributed by atoms with Gasteiger partial charge in [0.1, 0.15) is 12.1 Å². The summed E-state index contributed by atoms with van der Waals surface area (Å²) in [5.41, 5.74) is 5.51. The monoisotopic (exact) mass is 376 g/mol. The number of nitrogens with two attached hydrogens (primary N) is 1. The van der Waals surface area contributed by atoms with Crippen molar-refractivity contribution in [1.29, 1.82) is 0 Å². The minimum absolute atomic E-state index is 0.162. The second kappa shape index (κ2) is 11.0. The highest BCUT2D eigenvalue weighted by molar-refractivity contribution is 5.93. The van der Waals surface area contributed by atoms with Crippen molar-refractivity contribution in [2.24, 2.45) is 5.73 Å². The summed E-state index contributed by atoms with van der Waals surface area (Å²) in [6.07, 6.45) is -1.83. The van der Waals surface area contributed by atoms with Gasteiger partial charge in [-0.15, -0.1) is 0 Å². The van der Waals surface area contributed by atoms with Gasteiger partial charge in [-0.05, 0) is 20.3 Å². The van der Waals surface area contributed by atoms with E-state index in [1.165, 1.54) is 13.8 Å². The van der Waals surface area contributed by atoms with Gasteiger partial charge in [0, 0.05) is 6.42 Å². The highest BCUT2D eigenvalue weighted by atomic mass is 16.4. The molecule has 0 saturated heterocycles. The number of aliphatic carboxylic acids is 2. The molecular weight excluding hydrogens is 352 g/mol. The van der Waals surface area contributed by atoms with Gasteiger partial charge in [-0.2, -0.15) is 0 Å². The fourth-order valence-electron chi connectivity index (χ4n) is 1.71. The Bertz CT molecular complexity index is 551. The maximum atomic E-state index is 12.0. The number of aliphatic hydroxyl groups excluding tert-OH is 1. The fraction of sp³-hybridized carbons (Fsp3) is 0.643. The van der Waals surface area contributed by atoms with Gasteiger partial charge in [0.25, 0.3) is 0 Å². The summed E-state index contributed by atoms with van der Waals surface area (Å²) in [6, 6.07) is -3.78. The highest BCUT2D eigenvalue weighted by Crippen LogP contribution is 1.99. The van der Waals surface area contributed by atoms with E-state index in [4.69, 9.17) is 15.9 Å². The van der Waals surface area contributed by atoms with Gasteiger partial charge in [0.05, 0.1) is 18.7 Å². The van der Waals surface area contributed by atoms with Gasteiger partial charge in [-0.25, -0.2) is 0 Å². The molecule has 4 atom stereocenters. The van der Waals surface area contributed by atoms with Crippen molar-refractivity contribution < 1.29 is 39.3 Å². The molecule has 148 valence electrons. The molecule has 12 heteroatoms. The quantitative estimate of drug-likeness (QED) is 0.193. The number of hydrogen-bond acceptors (Lipinski definition) is 7. The first-order valence-electron chi connectivity index (χ1n) is 7.71. The molecule has 0 aliphatic heterocycles. The molecule has 0 radical (unpaired) electrons. The van der Waals surface area contributed by atoms with E-state index in [0.717, 1.165) is 0 Å². The molecule has 0 aromatic heterocycles. The molecule has 0 aromatic rings. The lowest BCUT2D eigenvalue weighted by Crippen LogP contribution is -2.57. The van der Waals surface area contributed by atoms with E-state index in [-0.39, 0.29) is 12.8 Å². The number of amides is 3. The Morgan fingerprint density at radius 1 is 1.00 bits per heavy atom. The van der Waals surface area contributed by atoms with Crippen molar-refractivity contribution in [3.8, 4) is 0 Å². The Morgan fingerprint density at radius 2 is 1.58 bits per heavy atom. The lowest BCUT2D eigenvalue weighted by atomic mass is 10.1. The number of carbonyl (C=O) groups excluding carboxylic acids is 3. The van der Waals surface area contributed by atoms with Crippen molar-refractivity contribution in [2.45, 2.75) is 50.9 Å². The Morgan fingerprint density at radius 3 is 2.04 bits per heavy atom. The fourth-order valence-corrected chi connectivity index (χ4v) is 1.71. The number of aliphatic hydroxyl groups is 1. The Kier molecular flexibility index (Phi) is 9.84. The minimum Gasteiger partial charge on any atom is -0.481 e. The van der Waals surface area contributed by atoms with E-state index in [0.29, 0.717) is 0 Å². The van der Waals surface area contributed by atoms with Crippen molar-refractivity contribution in [3.63, 3.8) is 0 Å². The topological polar surface area (TPSA) is 208 Å². The smallest absolute Gasteiger partial charge is 0.325 e. The maximum Gasteiger partial charge on any atom is 0.325 e. The third kappa shape index (κ3) is 8.94. The summed E-state index contributed by atoms with van der Waals surface area (Å²) in [4.78, 5) is 56.5. The number of carbonyl (C=O) groups is 5. The van der Waals surface area contributed by atoms with E-state index in [9.17, 15) is 29.1 Å². The molecule has 0 aliphatic carbocycles. The van der Waals surface area contributed by atoms with Crippen LogP contribution in [0.25, 0.3) is 0 Å². The average Bonchev–Trinajstić information content (AvgIpc) is 2.54. The third-order valence-electron chi connectivity index (χ3n) is 3.24. The molecule has 0 aromatic carbocycles. The van der Waals surface area contributed by atoms with Gasteiger partial charge in [-0.1, -0.05) is 0 Å². The predicted molar refractivity (Wildman–Crippen MR) is 86.7 cm³/mol. The summed E-state index contributed by atoms with van der Waals surface area (Å²) in [5.74, 6) is -4.90. The molecule has 4 unspecified atom stereocenters. The van der Waals surface area contributed by atoms with E-state index in [2.05, 4.69) is 16.0 Å². The molecule has 12 nitrogen and oxygen atoms in total. The van der Waals surface area contributed by atoms with Gasteiger partial charge < -0.3 is 37.0 Å². The molecule has 0 bridgehead atoms. The molecule has 26 heavy (non-hydrogen) atoms. The SMILES string of the molecule is CC(NC(=O)CNC(=O)C(NC(=O)C(N)CCC(=O)O)C(C)O)C(=O)O. The van der Waals surface area contributed by atoms with Gasteiger partial charge >= 0.3 is 11.9 Å². The zero-order chi connectivity index (χ0) is 20.4. The Balaban J connectivity index is 4.62. The van der Waals surface area contributed by atoms with Crippen LogP contribution in [0.5, 0.6) is 0 Å². The van der Waals surface area contributed by atoms with Crippen molar-refractivity contribution in [3.05, 3.63) is 0 Å². The number of hydrogen-bond donors (Lipinski definition) is 7. The zero-order valence-corrected chi connectivity index (χ0v) is 14.4. The van der Waals surface area contributed by atoms with Crippen molar-refractivity contribution in [1.82, 2.24) is 16.0 Å². The van der Waals surface area contributed by atoms with Crippen LogP contribution in [0.1, 0.15) is 26.7 Å². The lowest BCUT2D eigenvalue weighted by molar-refractivity contribution is -0.141. The molecule has 0 heterocycles. The third-order valence-corrected chi connectivity index (χ3v) is 3.24. The van der Waals surface area contributed by atoms with Crippen LogP contribution in [0.3, 0.4) is 0 Å². The molecule has 0 fully saturated rings. The zero-order valence-electron chi connectivity index (χ0n) is 14.4. The highest BCUT2D eigenvalue weighted by Gasteiger charge is 2.28. The standard InChI is InChI=1S/C14H24N4O8/c1-6(14(25)26)17-9(20)5-16-13(24)11(7(2)19)18-12(23)8(15)3-4-10(21)22/h6-8,11,19H,3-5,15H2,1-2H3,(H,16,24)(H,17,20)(H,18,23)(H,21,22)(H,25,26). The van der Waals surface area contributed by atoms with Crippen LogP contribution < -0.4 is 21.7 Å². The first kappa shape index (κ1) is 23.3. The maximum absolute atomic E-state index is 12.0. The number of nitrogens with one attached hydrogen (secondary N) is 3. The molecule has 0 aliphatic rings. The minimum atomic E-state index is -1.43. The second-order valence-corrected chi connectivity index (χ2v) is 5.61. The van der Waals surface area contributed by atoms with Crippen molar-refractivity contribution >= 4 is 29.7 Å². The van der Waals surface area contributed by atoms with E-state index >= 15 is 0 Å². The van der Waals surface area contributed by atoms with E-state index in [1.54, 1.807) is 0 Å². The Hall–Kier alpha value is -2.73. The van der Waals surface area contributed by atoms with Gasteiger partial charge in [0.2, 0.25) is 17.7 Å². The second-order valence-electron chi connectivity index (χ2n) is 5.61. The number of carboxylic acids is 2. The van der Waals surface area contributed by atoms with Crippen LogP contribution in [0, 0.1) is 0 Å². The van der Waals surface area contributed by atoms with E-state index in [1.807, 2.05) is 0 Å². The summed E-state index contributed by atoms with van der Waals surface area (Å²) in [6.45, 7) is 1.89. The molecule has 0 saturated carbocycles. The van der Waals surface area contributed by atoms with E-state index < -0.39 is 60.4 Å². The molecule has 0 rings (SSSR count). The average molecular weight is 376 g/mol. The van der Waals surface area contributed by atoms with Crippen LogP contribution in [-0.4, -0.2) is 75.8 Å². The first-order chi connectivity index (χ1) is 12.0. The molecule has 0 spiro atoms. The van der Waals surface area contributed by atoms with Crippen LogP contribution in [0.15, 0.2) is 0 Å². The molecule has 3 amide bonds. The van der Waals surface area contributed by atoms with Crippen LogP contribution in [0.4, 0.5) is 0 Å². The van der Waals surface area contributed by atoms with Crippen molar-refractivity contribution in [2.75, 3.05) is 6.54 Å². The Labute approximate surface area is 149 Å². The van der Waals surface area contributed by atoms with Gasteiger partial charge in [0.15, 0.2) is 0 Å². The van der Waals surface area contributed by atoms with Crippen LogP contribution >= 0.6 is 0 Å². The largest absolute Gasteiger partial charge is 0.481 e. The molecule has 8 N–H and O–H groups in total. The number of rotatable bonds is 11. The normalized spacial score (nSPS) is 15.1. The molecular formula is C14H24N4O8. The first-order valence-corrected chi connectivity index (χ1v) is 7.71. The van der Waals surface area contributed by atoms with Crippen LogP contribution in [-0.2, 0) is 24.0 Å². The lowest BCUT2D eigenvalue weighted by Gasteiger charge is -2.22.